The third kappa shape index (κ3) is 4.40. The minimum atomic E-state index is -0.877. The lowest BCUT2D eigenvalue weighted by Gasteiger charge is -2.39. The van der Waals surface area contributed by atoms with E-state index in [-0.39, 0.29) is 24.0 Å². The maximum atomic E-state index is 12.1. The Labute approximate surface area is 115 Å². The molecule has 1 aliphatic carbocycles. The van der Waals surface area contributed by atoms with Crippen molar-refractivity contribution in [1.82, 2.24) is 10.2 Å². The van der Waals surface area contributed by atoms with Crippen molar-refractivity contribution in [3.63, 3.8) is 0 Å². The average molecular weight is 270 g/mol. The van der Waals surface area contributed by atoms with E-state index in [1.54, 1.807) is 14.0 Å². The van der Waals surface area contributed by atoms with E-state index in [9.17, 15) is 9.59 Å². The normalized spacial score (nSPS) is 23.5. The number of carboxylic acids is 1. The first kappa shape index (κ1) is 15.8. The molecule has 1 saturated carbocycles. The molecule has 1 fully saturated rings. The second-order valence-corrected chi connectivity index (χ2v) is 6.36. The van der Waals surface area contributed by atoms with Crippen LogP contribution in [0, 0.1) is 11.3 Å². The summed E-state index contributed by atoms with van der Waals surface area (Å²) in [6.07, 6.45) is 4.48. The van der Waals surface area contributed by atoms with Crippen LogP contribution in [-0.4, -0.2) is 41.6 Å². The van der Waals surface area contributed by atoms with Gasteiger partial charge >= 0.3 is 12.0 Å². The molecule has 0 aromatic carbocycles. The Hall–Kier alpha value is -1.26. The Balaban J connectivity index is 2.51. The number of hydrogen-bond donors (Lipinski definition) is 2. The molecule has 5 heteroatoms. The summed E-state index contributed by atoms with van der Waals surface area (Å²) in [5.41, 5.74) is 0.118. The second-order valence-electron chi connectivity index (χ2n) is 6.36. The van der Waals surface area contributed by atoms with Gasteiger partial charge in [0.05, 0.1) is 5.92 Å². The summed E-state index contributed by atoms with van der Waals surface area (Å²) < 4.78 is 0. The largest absolute Gasteiger partial charge is 0.481 e. The highest BCUT2D eigenvalue weighted by Gasteiger charge is 2.33. The first-order valence-corrected chi connectivity index (χ1v) is 6.98. The zero-order valence-corrected chi connectivity index (χ0v) is 12.4. The fraction of sp³-hybridized carbons (Fsp3) is 0.857. The second kappa shape index (κ2) is 6.26. The minimum absolute atomic E-state index is 0.118. The monoisotopic (exact) mass is 270 g/mol. The van der Waals surface area contributed by atoms with Crippen LogP contribution in [0.1, 0.15) is 46.5 Å². The highest BCUT2D eigenvalue weighted by molar-refractivity contribution is 5.76. The zero-order valence-electron chi connectivity index (χ0n) is 12.4. The molecule has 1 rings (SSSR count). The number of aliphatic carboxylic acids is 1. The molecule has 0 aromatic heterocycles. The molecule has 5 nitrogen and oxygen atoms in total. The van der Waals surface area contributed by atoms with Crippen molar-refractivity contribution in [2.45, 2.75) is 52.5 Å². The van der Waals surface area contributed by atoms with Crippen molar-refractivity contribution in [2.75, 3.05) is 13.6 Å². The molecule has 2 atom stereocenters. The average Bonchev–Trinajstić information content (AvgIpc) is 2.31. The van der Waals surface area contributed by atoms with Crippen LogP contribution in [0.5, 0.6) is 0 Å². The van der Waals surface area contributed by atoms with E-state index in [4.69, 9.17) is 5.11 Å². The Kier molecular flexibility index (Phi) is 5.20. The van der Waals surface area contributed by atoms with E-state index >= 15 is 0 Å². The summed E-state index contributed by atoms with van der Waals surface area (Å²) in [4.78, 5) is 24.3. The Morgan fingerprint density at radius 1 is 1.42 bits per heavy atom. The summed E-state index contributed by atoms with van der Waals surface area (Å²) in [6, 6.07) is 0.00408. The summed E-state index contributed by atoms with van der Waals surface area (Å²) in [6.45, 7) is 6.19. The number of carboxylic acid groups (broad SMARTS) is 1. The van der Waals surface area contributed by atoms with Crippen LogP contribution in [0.4, 0.5) is 4.79 Å². The zero-order chi connectivity index (χ0) is 14.6. The molecule has 2 amide bonds. The molecule has 0 heterocycles. The first-order valence-electron chi connectivity index (χ1n) is 6.98. The van der Waals surface area contributed by atoms with Gasteiger partial charge in [0.15, 0.2) is 0 Å². The number of urea groups is 1. The molecule has 0 spiro atoms. The topological polar surface area (TPSA) is 69.6 Å². The summed E-state index contributed by atoms with van der Waals surface area (Å²) in [5.74, 6) is -1.42. The molecule has 2 unspecified atom stereocenters. The third-order valence-corrected chi connectivity index (χ3v) is 4.12. The predicted molar refractivity (Wildman–Crippen MR) is 74.0 cm³/mol. The van der Waals surface area contributed by atoms with Crippen LogP contribution in [0.15, 0.2) is 0 Å². The van der Waals surface area contributed by atoms with Crippen molar-refractivity contribution in [1.29, 1.82) is 0 Å². The number of hydrogen-bond acceptors (Lipinski definition) is 2. The number of rotatable bonds is 4. The highest BCUT2D eigenvalue weighted by atomic mass is 16.4. The van der Waals surface area contributed by atoms with Gasteiger partial charge in [0, 0.05) is 19.6 Å². The fourth-order valence-electron chi connectivity index (χ4n) is 2.59. The minimum Gasteiger partial charge on any atom is -0.481 e. The Morgan fingerprint density at radius 3 is 2.58 bits per heavy atom. The van der Waals surface area contributed by atoms with Gasteiger partial charge in [0.1, 0.15) is 0 Å². The van der Waals surface area contributed by atoms with E-state index in [0.717, 1.165) is 19.3 Å². The van der Waals surface area contributed by atoms with Crippen LogP contribution in [0.25, 0.3) is 0 Å². The molecule has 0 radical (unpaired) electrons. The molecular formula is C14H26N2O3. The number of nitrogens with zero attached hydrogens (tertiary/aromatic N) is 1. The van der Waals surface area contributed by atoms with Crippen LogP contribution < -0.4 is 5.32 Å². The van der Waals surface area contributed by atoms with Crippen molar-refractivity contribution >= 4 is 12.0 Å². The van der Waals surface area contributed by atoms with Crippen LogP contribution >= 0.6 is 0 Å². The van der Waals surface area contributed by atoms with Crippen LogP contribution in [0.3, 0.4) is 0 Å². The lowest BCUT2D eigenvalue weighted by Crippen LogP contribution is -2.51. The SMILES string of the molecule is CC(CN(C)C(=O)NC1CCCCC1(C)C)C(=O)O. The molecule has 0 saturated heterocycles. The lowest BCUT2D eigenvalue weighted by atomic mass is 9.73. The lowest BCUT2D eigenvalue weighted by molar-refractivity contribution is -0.141. The molecule has 0 aromatic rings. The molecule has 19 heavy (non-hydrogen) atoms. The Bertz CT molecular complexity index is 342. The molecule has 110 valence electrons. The van der Waals surface area contributed by atoms with Gasteiger partial charge < -0.3 is 15.3 Å². The third-order valence-electron chi connectivity index (χ3n) is 4.12. The van der Waals surface area contributed by atoms with E-state index < -0.39 is 11.9 Å². The van der Waals surface area contributed by atoms with Gasteiger partial charge in [-0.1, -0.05) is 33.6 Å². The van der Waals surface area contributed by atoms with Crippen LogP contribution in [0.2, 0.25) is 0 Å². The highest BCUT2D eigenvalue weighted by Crippen LogP contribution is 2.35. The molecule has 0 aliphatic heterocycles. The van der Waals surface area contributed by atoms with Gasteiger partial charge in [-0.3, -0.25) is 4.79 Å². The number of amides is 2. The van der Waals surface area contributed by atoms with E-state index in [1.165, 1.54) is 11.3 Å². The fourth-order valence-corrected chi connectivity index (χ4v) is 2.59. The van der Waals surface area contributed by atoms with Crippen molar-refractivity contribution < 1.29 is 14.7 Å². The van der Waals surface area contributed by atoms with Crippen molar-refractivity contribution in [3.8, 4) is 0 Å². The smallest absolute Gasteiger partial charge is 0.317 e. The summed E-state index contributed by atoms with van der Waals surface area (Å²) >= 11 is 0. The quantitative estimate of drug-likeness (QED) is 0.823. The van der Waals surface area contributed by atoms with Gasteiger partial charge in [0.25, 0.3) is 0 Å². The summed E-state index contributed by atoms with van der Waals surface area (Å²) in [7, 11) is 1.64. The molecular weight excluding hydrogens is 244 g/mol. The first-order chi connectivity index (χ1) is 8.74. The summed E-state index contributed by atoms with van der Waals surface area (Å²) in [5, 5.41) is 11.9. The molecule has 1 aliphatic rings. The number of nitrogens with one attached hydrogen (secondary N) is 1. The molecule has 0 bridgehead atoms. The van der Waals surface area contributed by atoms with Gasteiger partial charge in [-0.15, -0.1) is 0 Å². The van der Waals surface area contributed by atoms with E-state index in [1.807, 2.05) is 0 Å². The Morgan fingerprint density at radius 2 is 2.05 bits per heavy atom. The van der Waals surface area contributed by atoms with Gasteiger partial charge in [-0.25, -0.2) is 4.79 Å². The molecule has 2 N–H and O–H groups in total. The number of carbonyl (C=O) groups is 2. The van der Waals surface area contributed by atoms with E-state index in [2.05, 4.69) is 19.2 Å². The van der Waals surface area contributed by atoms with Crippen LogP contribution in [-0.2, 0) is 4.79 Å². The van der Waals surface area contributed by atoms with E-state index in [0.29, 0.717) is 0 Å². The number of carbonyl (C=O) groups excluding carboxylic acids is 1. The van der Waals surface area contributed by atoms with Gasteiger partial charge in [0.2, 0.25) is 0 Å². The van der Waals surface area contributed by atoms with Crippen molar-refractivity contribution in [2.24, 2.45) is 11.3 Å². The maximum Gasteiger partial charge on any atom is 0.317 e. The van der Waals surface area contributed by atoms with Crippen molar-refractivity contribution in [3.05, 3.63) is 0 Å². The van der Waals surface area contributed by atoms with Gasteiger partial charge in [-0.2, -0.15) is 0 Å². The maximum absolute atomic E-state index is 12.1. The van der Waals surface area contributed by atoms with Gasteiger partial charge in [-0.05, 0) is 18.3 Å². The standard InChI is InChI=1S/C14H26N2O3/c1-10(12(17)18)9-16(4)13(19)15-11-7-5-6-8-14(11,2)3/h10-11H,5-9H2,1-4H3,(H,15,19)(H,17,18). The predicted octanol–water partition coefficient (Wildman–Crippen LogP) is 2.32.